The van der Waals surface area contributed by atoms with Crippen molar-refractivity contribution in [2.45, 2.75) is 19.8 Å². The van der Waals surface area contributed by atoms with Crippen LogP contribution in [0.4, 0.5) is 0 Å². The molecule has 1 fully saturated rings. The van der Waals surface area contributed by atoms with Crippen LogP contribution in [0, 0.1) is 5.92 Å². The van der Waals surface area contributed by atoms with Gasteiger partial charge < -0.3 is 15.4 Å². The summed E-state index contributed by atoms with van der Waals surface area (Å²) in [7, 11) is 0. The SMILES string of the molecule is C=C(C)COCCNCC1CCNCC1. The number of ether oxygens (including phenoxy) is 1. The number of hydrogen-bond donors (Lipinski definition) is 2. The molecule has 0 atom stereocenters. The molecule has 0 spiro atoms. The molecule has 1 aliphatic rings. The van der Waals surface area contributed by atoms with E-state index in [9.17, 15) is 0 Å². The lowest BCUT2D eigenvalue weighted by atomic mass is 9.98. The van der Waals surface area contributed by atoms with E-state index in [4.69, 9.17) is 4.74 Å². The first-order chi connectivity index (χ1) is 7.29. The van der Waals surface area contributed by atoms with E-state index < -0.39 is 0 Å². The zero-order chi connectivity index (χ0) is 10.9. The van der Waals surface area contributed by atoms with E-state index in [1.165, 1.54) is 25.9 Å². The van der Waals surface area contributed by atoms with Crippen molar-refractivity contribution in [1.82, 2.24) is 10.6 Å². The summed E-state index contributed by atoms with van der Waals surface area (Å²) in [6.07, 6.45) is 2.61. The fraction of sp³-hybridized carbons (Fsp3) is 0.833. The maximum absolute atomic E-state index is 5.41. The third kappa shape index (κ3) is 6.66. The van der Waals surface area contributed by atoms with Crippen molar-refractivity contribution >= 4 is 0 Å². The van der Waals surface area contributed by atoms with E-state index in [1.807, 2.05) is 6.92 Å². The van der Waals surface area contributed by atoms with Crippen LogP contribution in [0.15, 0.2) is 12.2 Å². The minimum atomic E-state index is 0.690. The van der Waals surface area contributed by atoms with E-state index in [0.29, 0.717) is 6.61 Å². The number of piperidine rings is 1. The first-order valence-electron chi connectivity index (χ1n) is 5.92. The van der Waals surface area contributed by atoms with Crippen molar-refractivity contribution in [1.29, 1.82) is 0 Å². The third-order valence-electron chi connectivity index (χ3n) is 2.66. The summed E-state index contributed by atoms with van der Waals surface area (Å²) in [4.78, 5) is 0. The van der Waals surface area contributed by atoms with Gasteiger partial charge in [-0.25, -0.2) is 0 Å². The monoisotopic (exact) mass is 212 g/mol. The fourth-order valence-electron chi connectivity index (χ4n) is 1.78. The predicted molar refractivity (Wildman–Crippen MR) is 64.1 cm³/mol. The molecule has 0 radical (unpaired) electrons. The van der Waals surface area contributed by atoms with Crippen LogP contribution >= 0.6 is 0 Å². The highest BCUT2D eigenvalue weighted by molar-refractivity contribution is 4.87. The summed E-state index contributed by atoms with van der Waals surface area (Å²) in [5.41, 5.74) is 1.09. The second-order valence-electron chi connectivity index (χ2n) is 4.41. The van der Waals surface area contributed by atoms with Crippen molar-refractivity contribution in [2.24, 2.45) is 5.92 Å². The molecule has 0 saturated carbocycles. The molecule has 0 aromatic heterocycles. The van der Waals surface area contributed by atoms with Crippen LogP contribution in [0.3, 0.4) is 0 Å². The van der Waals surface area contributed by atoms with E-state index in [2.05, 4.69) is 17.2 Å². The molecule has 3 nitrogen and oxygen atoms in total. The Labute approximate surface area is 93.3 Å². The Balaban J connectivity index is 1.85. The van der Waals surface area contributed by atoms with Crippen LogP contribution < -0.4 is 10.6 Å². The number of hydrogen-bond acceptors (Lipinski definition) is 3. The molecule has 0 amide bonds. The van der Waals surface area contributed by atoms with E-state index in [1.54, 1.807) is 0 Å². The van der Waals surface area contributed by atoms with Crippen LogP contribution in [0.1, 0.15) is 19.8 Å². The number of nitrogens with one attached hydrogen (secondary N) is 2. The second kappa shape index (κ2) is 7.85. The molecule has 15 heavy (non-hydrogen) atoms. The van der Waals surface area contributed by atoms with Gasteiger partial charge in [0.25, 0.3) is 0 Å². The van der Waals surface area contributed by atoms with Gasteiger partial charge in [0, 0.05) is 6.54 Å². The molecular weight excluding hydrogens is 188 g/mol. The van der Waals surface area contributed by atoms with Crippen molar-refractivity contribution in [3.05, 3.63) is 12.2 Å². The second-order valence-corrected chi connectivity index (χ2v) is 4.41. The molecule has 3 heteroatoms. The largest absolute Gasteiger partial charge is 0.376 e. The van der Waals surface area contributed by atoms with Crippen molar-refractivity contribution in [3.8, 4) is 0 Å². The minimum absolute atomic E-state index is 0.690. The van der Waals surface area contributed by atoms with Gasteiger partial charge in [0.1, 0.15) is 0 Å². The van der Waals surface area contributed by atoms with Gasteiger partial charge in [0.15, 0.2) is 0 Å². The first-order valence-corrected chi connectivity index (χ1v) is 5.92. The molecule has 1 rings (SSSR count). The molecule has 1 heterocycles. The Morgan fingerprint density at radius 1 is 1.47 bits per heavy atom. The zero-order valence-corrected chi connectivity index (χ0v) is 9.85. The standard InChI is InChI=1S/C12H24N2O/c1-11(2)10-15-8-7-14-9-12-3-5-13-6-4-12/h12-14H,1,3-10H2,2H3. The van der Waals surface area contributed by atoms with Gasteiger partial charge in [-0.3, -0.25) is 0 Å². The van der Waals surface area contributed by atoms with Gasteiger partial charge in [-0.2, -0.15) is 0 Å². The molecule has 1 saturated heterocycles. The quantitative estimate of drug-likeness (QED) is 0.491. The van der Waals surface area contributed by atoms with Crippen LogP contribution in [-0.4, -0.2) is 39.4 Å². The van der Waals surface area contributed by atoms with E-state index >= 15 is 0 Å². The van der Waals surface area contributed by atoms with E-state index in [0.717, 1.165) is 31.2 Å². The molecule has 0 unspecified atom stereocenters. The van der Waals surface area contributed by atoms with Crippen molar-refractivity contribution in [2.75, 3.05) is 39.4 Å². The normalized spacial score (nSPS) is 17.9. The smallest absolute Gasteiger partial charge is 0.0672 e. The molecule has 0 bridgehead atoms. The highest BCUT2D eigenvalue weighted by atomic mass is 16.5. The van der Waals surface area contributed by atoms with Crippen LogP contribution in [0.5, 0.6) is 0 Å². The Morgan fingerprint density at radius 2 is 2.20 bits per heavy atom. The van der Waals surface area contributed by atoms with Gasteiger partial charge in [0.2, 0.25) is 0 Å². The molecule has 0 aromatic carbocycles. The van der Waals surface area contributed by atoms with E-state index in [-0.39, 0.29) is 0 Å². The first kappa shape index (κ1) is 12.7. The topological polar surface area (TPSA) is 33.3 Å². The average Bonchev–Trinajstić information content (AvgIpc) is 2.24. The molecule has 0 aromatic rings. The van der Waals surface area contributed by atoms with Gasteiger partial charge in [0.05, 0.1) is 13.2 Å². The lowest BCUT2D eigenvalue weighted by Gasteiger charge is -2.22. The minimum Gasteiger partial charge on any atom is -0.376 e. The van der Waals surface area contributed by atoms with Crippen LogP contribution in [0.2, 0.25) is 0 Å². The third-order valence-corrected chi connectivity index (χ3v) is 2.66. The molecule has 88 valence electrons. The Kier molecular flexibility index (Phi) is 6.64. The number of rotatable bonds is 7. The van der Waals surface area contributed by atoms with Gasteiger partial charge in [-0.05, 0) is 45.3 Å². The van der Waals surface area contributed by atoms with Crippen LogP contribution in [0.25, 0.3) is 0 Å². The summed E-state index contributed by atoms with van der Waals surface area (Å²) >= 11 is 0. The maximum Gasteiger partial charge on any atom is 0.0672 e. The average molecular weight is 212 g/mol. The Bertz CT molecular complexity index is 176. The molecule has 2 N–H and O–H groups in total. The lowest BCUT2D eigenvalue weighted by molar-refractivity contribution is 0.156. The fourth-order valence-corrected chi connectivity index (χ4v) is 1.78. The van der Waals surface area contributed by atoms with Gasteiger partial charge in [-0.15, -0.1) is 0 Å². The predicted octanol–water partition coefficient (Wildman–Crippen LogP) is 1.17. The summed E-state index contributed by atoms with van der Waals surface area (Å²) in [6, 6.07) is 0. The molecular formula is C12H24N2O. The van der Waals surface area contributed by atoms with Crippen molar-refractivity contribution in [3.63, 3.8) is 0 Å². The summed E-state index contributed by atoms with van der Waals surface area (Å²) in [6.45, 7) is 11.7. The van der Waals surface area contributed by atoms with Crippen LogP contribution in [-0.2, 0) is 4.74 Å². The molecule has 0 aliphatic carbocycles. The van der Waals surface area contributed by atoms with Crippen molar-refractivity contribution < 1.29 is 4.74 Å². The van der Waals surface area contributed by atoms with Gasteiger partial charge >= 0.3 is 0 Å². The van der Waals surface area contributed by atoms with Gasteiger partial charge in [-0.1, -0.05) is 12.2 Å². The summed E-state index contributed by atoms with van der Waals surface area (Å²) < 4.78 is 5.41. The zero-order valence-electron chi connectivity index (χ0n) is 9.85. The Hall–Kier alpha value is -0.380. The molecule has 1 aliphatic heterocycles. The Morgan fingerprint density at radius 3 is 2.87 bits per heavy atom. The highest BCUT2D eigenvalue weighted by Gasteiger charge is 2.11. The maximum atomic E-state index is 5.41. The lowest BCUT2D eigenvalue weighted by Crippen LogP contribution is -2.34. The summed E-state index contributed by atoms with van der Waals surface area (Å²) in [5.74, 6) is 0.854. The summed E-state index contributed by atoms with van der Waals surface area (Å²) in [5, 5.41) is 6.82. The highest BCUT2D eigenvalue weighted by Crippen LogP contribution is 2.09.